The van der Waals surface area contributed by atoms with Gasteiger partial charge in [-0.3, -0.25) is 18.7 Å². The SMILES string of the molecule is O=C(O)Cn1ccnc1CN(Cc1ccc(NS(=O)[O-])cc1)Cc1nccn1CC(=O)O. The highest BCUT2D eigenvalue weighted by Crippen LogP contribution is 2.16. The largest absolute Gasteiger partial charge is 0.755 e. The minimum Gasteiger partial charge on any atom is -0.755 e. The normalized spacial score (nSPS) is 12.1. The van der Waals surface area contributed by atoms with Gasteiger partial charge in [0.05, 0.1) is 13.1 Å². The van der Waals surface area contributed by atoms with Gasteiger partial charge in [-0.1, -0.05) is 12.1 Å². The zero-order valence-corrected chi connectivity index (χ0v) is 17.6. The van der Waals surface area contributed by atoms with Crippen LogP contribution in [0, 0.1) is 0 Å². The number of nitrogens with one attached hydrogen (secondary N) is 1. The first-order valence-corrected chi connectivity index (χ1v) is 10.5. The van der Waals surface area contributed by atoms with E-state index in [1.54, 1.807) is 36.7 Å². The average molecular weight is 461 g/mol. The fraction of sp³-hybridized carbons (Fsp3) is 0.263. The summed E-state index contributed by atoms with van der Waals surface area (Å²) in [7, 11) is 0. The Morgan fingerprint density at radius 3 is 1.88 bits per heavy atom. The summed E-state index contributed by atoms with van der Waals surface area (Å²) < 4.78 is 26.9. The number of rotatable bonds is 12. The highest BCUT2D eigenvalue weighted by Gasteiger charge is 2.16. The van der Waals surface area contributed by atoms with E-state index < -0.39 is 23.2 Å². The summed E-state index contributed by atoms with van der Waals surface area (Å²) in [6.45, 7) is 0.503. The van der Waals surface area contributed by atoms with Gasteiger partial charge in [0.2, 0.25) is 0 Å². The predicted octanol–water partition coefficient (Wildman–Crippen LogP) is 0.657. The van der Waals surface area contributed by atoms with Crippen molar-refractivity contribution >= 4 is 28.9 Å². The molecule has 3 rings (SSSR count). The van der Waals surface area contributed by atoms with Crippen molar-refractivity contribution in [1.82, 2.24) is 24.0 Å². The number of hydrogen-bond donors (Lipinski definition) is 3. The molecule has 0 bridgehead atoms. The first kappa shape index (κ1) is 23.1. The molecule has 0 aliphatic carbocycles. The molecule has 1 aromatic carbocycles. The highest BCUT2D eigenvalue weighted by atomic mass is 32.2. The number of imidazole rings is 2. The average Bonchev–Trinajstić information content (AvgIpc) is 3.31. The molecule has 0 aliphatic rings. The van der Waals surface area contributed by atoms with Crippen LogP contribution in [0.15, 0.2) is 49.1 Å². The first-order valence-electron chi connectivity index (χ1n) is 9.41. The minimum atomic E-state index is -2.42. The quantitative estimate of drug-likeness (QED) is 0.328. The van der Waals surface area contributed by atoms with E-state index in [-0.39, 0.29) is 26.2 Å². The second kappa shape index (κ2) is 10.7. The third-order valence-electron chi connectivity index (χ3n) is 4.51. The lowest BCUT2D eigenvalue weighted by atomic mass is 10.2. The second-order valence-electron chi connectivity index (χ2n) is 6.91. The number of benzene rings is 1. The van der Waals surface area contributed by atoms with Crippen LogP contribution < -0.4 is 4.72 Å². The number of aromatic nitrogens is 4. The van der Waals surface area contributed by atoms with Crippen molar-refractivity contribution < 1.29 is 28.6 Å². The third-order valence-corrected chi connectivity index (χ3v) is 4.91. The zero-order valence-electron chi connectivity index (χ0n) is 16.8. The standard InChI is InChI=1S/C19H22N6O6S/c26-18(27)12-24-7-5-20-16(24)10-23(11-17-21-6-8-25(17)13-19(28)29)9-14-1-3-15(4-2-14)22-32(30)31/h1-8,22H,9-13H2,(H,26,27)(H,28,29)(H,30,31)/p-1. The Balaban J connectivity index is 1.81. The van der Waals surface area contributed by atoms with E-state index in [0.29, 0.717) is 23.9 Å². The molecule has 2 aromatic heterocycles. The number of aliphatic carboxylic acids is 2. The Labute approximate surface area is 185 Å². The first-order chi connectivity index (χ1) is 15.3. The maximum absolute atomic E-state index is 11.1. The zero-order chi connectivity index (χ0) is 23.1. The molecule has 0 amide bonds. The van der Waals surface area contributed by atoms with Gasteiger partial charge in [0.1, 0.15) is 24.7 Å². The summed E-state index contributed by atoms with van der Waals surface area (Å²) in [4.78, 5) is 32.7. The van der Waals surface area contributed by atoms with Crippen LogP contribution in [0.25, 0.3) is 0 Å². The van der Waals surface area contributed by atoms with Gasteiger partial charge in [-0.15, -0.1) is 0 Å². The number of anilines is 1. The van der Waals surface area contributed by atoms with Crippen LogP contribution in [-0.2, 0) is 53.6 Å². The summed E-state index contributed by atoms with van der Waals surface area (Å²) >= 11 is -2.42. The number of hydrogen-bond acceptors (Lipinski definition) is 7. The molecule has 0 spiro atoms. The van der Waals surface area contributed by atoms with Crippen molar-refractivity contribution in [3.63, 3.8) is 0 Å². The number of carbonyl (C=O) groups is 2. The van der Waals surface area contributed by atoms with E-state index in [4.69, 9.17) is 10.2 Å². The molecule has 3 N–H and O–H groups in total. The Morgan fingerprint density at radius 1 is 0.938 bits per heavy atom. The maximum atomic E-state index is 11.1. The van der Waals surface area contributed by atoms with Gasteiger partial charge in [0.25, 0.3) is 0 Å². The van der Waals surface area contributed by atoms with Gasteiger partial charge >= 0.3 is 11.9 Å². The van der Waals surface area contributed by atoms with Crippen molar-refractivity contribution in [3.8, 4) is 0 Å². The Morgan fingerprint density at radius 2 is 1.44 bits per heavy atom. The maximum Gasteiger partial charge on any atom is 0.323 e. The fourth-order valence-corrected chi connectivity index (χ4v) is 3.49. The molecule has 1 atom stereocenters. The van der Waals surface area contributed by atoms with E-state index in [1.165, 1.54) is 21.5 Å². The molecule has 32 heavy (non-hydrogen) atoms. The van der Waals surface area contributed by atoms with Crippen LogP contribution in [0.4, 0.5) is 5.69 Å². The highest BCUT2D eigenvalue weighted by molar-refractivity contribution is 7.80. The van der Waals surface area contributed by atoms with Crippen LogP contribution in [0.3, 0.4) is 0 Å². The fourth-order valence-electron chi connectivity index (χ4n) is 3.16. The molecule has 0 radical (unpaired) electrons. The second-order valence-corrected chi connectivity index (χ2v) is 7.58. The van der Waals surface area contributed by atoms with Crippen molar-refractivity contribution in [2.45, 2.75) is 32.7 Å². The number of carboxylic acids is 2. The van der Waals surface area contributed by atoms with Gasteiger partial charge in [-0.2, -0.15) is 0 Å². The van der Waals surface area contributed by atoms with Crippen molar-refractivity contribution in [3.05, 3.63) is 66.3 Å². The summed E-state index contributed by atoms with van der Waals surface area (Å²) in [5.41, 5.74) is 1.28. The van der Waals surface area contributed by atoms with Crippen LogP contribution in [0.5, 0.6) is 0 Å². The molecule has 12 nitrogen and oxygen atoms in total. The van der Waals surface area contributed by atoms with Crippen LogP contribution in [0.2, 0.25) is 0 Å². The van der Waals surface area contributed by atoms with Gasteiger partial charge in [0.15, 0.2) is 0 Å². The van der Waals surface area contributed by atoms with Crippen molar-refractivity contribution in [2.75, 3.05) is 4.72 Å². The third kappa shape index (κ3) is 6.73. The topological polar surface area (TPSA) is 166 Å². The van der Waals surface area contributed by atoms with E-state index in [1.807, 2.05) is 4.90 Å². The Bertz CT molecular complexity index is 1040. The van der Waals surface area contributed by atoms with Gasteiger partial charge < -0.3 is 28.6 Å². The molecule has 1 unspecified atom stereocenters. The van der Waals surface area contributed by atoms with E-state index in [9.17, 15) is 18.4 Å². The van der Waals surface area contributed by atoms with Gasteiger partial charge in [-0.25, -0.2) is 9.97 Å². The number of nitrogens with zero attached hydrogens (tertiary/aromatic N) is 5. The molecule has 0 saturated heterocycles. The minimum absolute atomic E-state index is 0.233. The van der Waals surface area contributed by atoms with E-state index in [0.717, 1.165) is 5.56 Å². The molecular formula is C19H21N6O6S-. The predicted molar refractivity (Wildman–Crippen MR) is 112 cm³/mol. The summed E-state index contributed by atoms with van der Waals surface area (Å²) in [6.07, 6.45) is 6.20. The Hall–Kier alpha value is -3.55. The molecule has 0 saturated carbocycles. The number of carboxylic acid groups (broad SMARTS) is 2. The van der Waals surface area contributed by atoms with Gasteiger partial charge in [-0.05, 0) is 17.7 Å². The van der Waals surface area contributed by atoms with Crippen molar-refractivity contribution in [1.29, 1.82) is 0 Å². The molecule has 3 aromatic rings. The lowest BCUT2D eigenvalue weighted by molar-refractivity contribution is -0.138. The lowest BCUT2D eigenvalue weighted by Gasteiger charge is -2.23. The van der Waals surface area contributed by atoms with Gasteiger partial charge in [0, 0.05) is 48.3 Å². The summed E-state index contributed by atoms with van der Waals surface area (Å²) in [5.74, 6) is -0.925. The smallest absolute Gasteiger partial charge is 0.323 e. The molecule has 0 fully saturated rings. The van der Waals surface area contributed by atoms with Crippen LogP contribution >= 0.6 is 0 Å². The molecule has 170 valence electrons. The van der Waals surface area contributed by atoms with Crippen LogP contribution in [0.1, 0.15) is 17.2 Å². The monoisotopic (exact) mass is 461 g/mol. The van der Waals surface area contributed by atoms with E-state index in [2.05, 4.69) is 14.7 Å². The molecule has 13 heteroatoms. The van der Waals surface area contributed by atoms with Crippen molar-refractivity contribution in [2.24, 2.45) is 0 Å². The molecular weight excluding hydrogens is 440 g/mol. The lowest BCUT2D eigenvalue weighted by Crippen LogP contribution is -2.27. The van der Waals surface area contributed by atoms with Crippen LogP contribution in [-0.4, -0.2) is 54.9 Å². The Kier molecular flexibility index (Phi) is 7.70. The summed E-state index contributed by atoms with van der Waals surface area (Å²) in [5, 5.41) is 18.2. The molecule has 2 heterocycles. The van der Waals surface area contributed by atoms with E-state index >= 15 is 0 Å². The molecule has 0 aliphatic heterocycles. The summed E-state index contributed by atoms with van der Waals surface area (Å²) in [6, 6.07) is 6.77.